The molecule has 0 bridgehead atoms. The van der Waals surface area contributed by atoms with Gasteiger partial charge >= 0.3 is 0 Å². The Morgan fingerprint density at radius 1 is 1.33 bits per heavy atom. The third-order valence-corrected chi connectivity index (χ3v) is 6.31. The van der Waals surface area contributed by atoms with Gasteiger partial charge in [0.15, 0.2) is 0 Å². The Labute approximate surface area is 148 Å². The summed E-state index contributed by atoms with van der Waals surface area (Å²) in [4.78, 5) is 11.4. The van der Waals surface area contributed by atoms with Gasteiger partial charge in [0.25, 0.3) is 6.47 Å². The van der Waals surface area contributed by atoms with Crippen molar-refractivity contribution in [2.45, 2.75) is 53.5 Å². The molecule has 4 heteroatoms. The van der Waals surface area contributed by atoms with E-state index in [1.165, 1.54) is 46.4 Å². The van der Waals surface area contributed by atoms with E-state index in [4.69, 9.17) is 15.6 Å². The highest BCUT2D eigenvalue weighted by Crippen LogP contribution is 2.44. The summed E-state index contributed by atoms with van der Waals surface area (Å²) in [7, 11) is 0. The van der Waals surface area contributed by atoms with Crippen molar-refractivity contribution in [3.63, 3.8) is 0 Å². The van der Waals surface area contributed by atoms with Gasteiger partial charge in [-0.2, -0.15) is 0 Å². The van der Waals surface area contributed by atoms with Crippen molar-refractivity contribution in [1.82, 2.24) is 0 Å². The van der Waals surface area contributed by atoms with Gasteiger partial charge in [-0.1, -0.05) is 26.0 Å². The first-order chi connectivity index (χ1) is 11.3. The summed E-state index contributed by atoms with van der Waals surface area (Å²) in [5, 5.41) is 6.89. The molecule has 1 heterocycles. The Morgan fingerprint density at radius 2 is 2.00 bits per heavy atom. The SMILES string of the molecule is Cc1ccc(-c2sc3c(c2C)CC(C)(C)CC3)cc1CN.O=CO. The number of carboxylic acid groups (broad SMARTS) is 1. The molecule has 3 nitrogen and oxygen atoms in total. The van der Waals surface area contributed by atoms with Crippen LogP contribution in [0, 0.1) is 19.3 Å². The van der Waals surface area contributed by atoms with Crippen molar-refractivity contribution in [3.8, 4) is 10.4 Å². The van der Waals surface area contributed by atoms with Crippen LogP contribution in [0.15, 0.2) is 18.2 Å². The summed E-state index contributed by atoms with van der Waals surface area (Å²) in [5.41, 5.74) is 13.3. The fourth-order valence-corrected chi connectivity index (χ4v) is 4.69. The van der Waals surface area contributed by atoms with Gasteiger partial charge in [0.05, 0.1) is 0 Å². The molecule has 0 saturated heterocycles. The van der Waals surface area contributed by atoms with E-state index in [0.717, 1.165) is 0 Å². The summed E-state index contributed by atoms with van der Waals surface area (Å²) in [6.45, 7) is 9.60. The smallest absolute Gasteiger partial charge is 0.290 e. The second kappa shape index (κ2) is 7.49. The first kappa shape index (κ1) is 18.7. The minimum absolute atomic E-state index is 0.250. The van der Waals surface area contributed by atoms with Crippen LogP contribution < -0.4 is 5.73 Å². The van der Waals surface area contributed by atoms with Gasteiger partial charge in [0.1, 0.15) is 0 Å². The molecule has 0 saturated carbocycles. The Hall–Kier alpha value is -1.65. The second-order valence-electron chi connectivity index (χ2n) is 7.25. The molecule has 0 amide bonds. The summed E-state index contributed by atoms with van der Waals surface area (Å²) in [5.74, 6) is 0. The van der Waals surface area contributed by atoms with Crippen LogP contribution in [0.3, 0.4) is 0 Å². The van der Waals surface area contributed by atoms with E-state index in [9.17, 15) is 0 Å². The maximum Gasteiger partial charge on any atom is 0.290 e. The van der Waals surface area contributed by atoms with Crippen molar-refractivity contribution >= 4 is 17.8 Å². The molecular weight excluding hydrogens is 318 g/mol. The molecule has 1 aliphatic rings. The summed E-state index contributed by atoms with van der Waals surface area (Å²) in [6, 6.07) is 6.74. The number of thiophene rings is 1. The van der Waals surface area contributed by atoms with Gasteiger partial charge in [-0.05, 0) is 72.4 Å². The number of carbonyl (C=O) groups is 1. The van der Waals surface area contributed by atoms with Crippen molar-refractivity contribution in [3.05, 3.63) is 45.3 Å². The van der Waals surface area contributed by atoms with Crippen LogP contribution in [-0.4, -0.2) is 11.6 Å². The number of fused-ring (bicyclic) bond motifs is 1. The van der Waals surface area contributed by atoms with Gasteiger partial charge in [0, 0.05) is 16.3 Å². The molecule has 24 heavy (non-hydrogen) atoms. The average Bonchev–Trinajstić information content (AvgIpc) is 2.84. The molecule has 0 unspecified atom stereocenters. The van der Waals surface area contributed by atoms with Gasteiger partial charge in [-0.3, -0.25) is 4.79 Å². The summed E-state index contributed by atoms with van der Waals surface area (Å²) >= 11 is 2.00. The number of aryl methyl sites for hydroxylation is 2. The lowest BCUT2D eigenvalue weighted by molar-refractivity contribution is -0.122. The highest BCUT2D eigenvalue weighted by atomic mass is 32.1. The number of hydrogen-bond acceptors (Lipinski definition) is 3. The number of rotatable bonds is 2. The van der Waals surface area contributed by atoms with Gasteiger partial charge in [-0.25, -0.2) is 0 Å². The minimum atomic E-state index is -0.250. The van der Waals surface area contributed by atoms with Crippen LogP contribution in [-0.2, 0) is 24.2 Å². The van der Waals surface area contributed by atoms with Crippen molar-refractivity contribution < 1.29 is 9.90 Å². The predicted molar refractivity (Wildman–Crippen MR) is 102 cm³/mol. The lowest BCUT2D eigenvalue weighted by Crippen LogP contribution is -2.21. The number of nitrogens with two attached hydrogens (primary N) is 1. The van der Waals surface area contributed by atoms with Crippen molar-refractivity contribution in [1.29, 1.82) is 0 Å². The van der Waals surface area contributed by atoms with Crippen LogP contribution in [0.5, 0.6) is 0 Å². The topological polar surface area (TPSA) is 63.3 Å². The second-order valence-corrected chi connectivity index (χ2v) is 8.35. The molecule has 3 N–H and O–H groups in total. The Balaban J connectivity index is 0.000000647. The van der Waals surface area contributed by atoms with Gasteiger partial charge in [-0.15, -0.1) is 11.3 Å². The van der Waals surface area contributed by atoms with Crippen LogP contribution in [0.2, 0.25) is 0 Å². The van der Waals surface area contributed by atoms with Crippen LogP contribution in [0.25, 0.3) is 10.4 Å². The van der Waals surface area contributed by atoms with E-state index < -0.39 is 0 Å². The predicted octanol–water partition coefficient (Wildman–Crippen LogP) is 4.71. The van der Waals surface area contributed by atoms with Crippen molar-refractivity contribution in [2.24, 2.45) is 11.1 Å². The van der Waals surface area contributed by atoms with E-state index >= 15 is 0 Å². The Bertz CT molecular complexity index is 731. The number of hydrogen-bond donors (Lipinski definition) is 2. The quantitative estimate of drug-likeness (QED) is 0.775. The first-order valence-corrected chi connectivity index (χ1v) is 9.13. The zero-order chi connectivity index (χ0) is 17.9. The largest absolute Gasteiger partial charge is 0.483 e. The molecule has 130 valence electrons. The van der Waals surface area contributed by atoms with E-state index in [-0.39, 0.29) is 6.47 Å². The molecule has 1 aromatic carbocycles. The van der Waals surface area contributed by atoms with E-state index in [2.05, 4.69) is 45.9 Å². The average molecular weight is 346 g/mol. The first-order valence-electron chi connectivity index (χ1n) is 8.32. The zero-order valence-corrected chi connectivity index (χ0v) is 15.8. The van der Waals surface area contributed by atoms with Crippen LogP contribution in [0.4, 0.5) is 0 Å². The van der Waals surface area contributed by atoms with E-state index in [1.807, 2.05) is 11.3 Å². The highest BCUT2D eigenvalue weighted by molar-refractivity contribution is 7.15. The molecule has 0 fully saturated rings. The monoisotopic (exact) mass is 345 g/mol. The van der Waals surface area contributed by atoms with E-state index in [1.54, 1.807) is 10.4 Å². The highest BCUT2D eigenvalue weighted by Gasteiger charge is 2.29. The summed E-state index contributed by atoms with van der Waals surface area (Å²) in [6.07, 6.45) is 3.77. The molecule has 3 rings (SSSR count). The van der Waals surface area contributed by atoms with Gasteiger partial charge in [0.2, 0.25) is 0 Å². The Kier molecular flexibility index (Phi) is 5.83. The minimum Gasteiger partial charge on any atom is -0.483 e. The normalized spacial score (nSPS) is 15.2. The molecule has 1 aliphatic carbocycles. The number of benzene rings is 1. The lowest BCUT2D eigenvalue weighted by Gasteiger charge is -2.29. The maximum absolute atomic E-state index is 8.36. The molecular formula is C20H27NO2S. The third kappa shape index (κ3) is 3.87. The molecule has 2 aromatic rings. The Morgan fingerprint density at radius 3 is 2.62 bits per heavy atom. The molecule has 0 radical (unpaired) electrons. The standard InChI is InChI=1S/C19H25NS.CH2O2/c1-12-5-6-14(9-15(12)11-20)18-13(2)16-10-19(3,4)8-7-17(16)21-18;2-1-3/h5-6,9H,7-8,10-11,20H2,1-4H3;1H,(H,2,3). The fraction of sp³-hybridized carbons (Fsp3) is 0.450. The molecule has 0 aliphatic heterocycles. The lowest BCUT2D eigenvalue weighted by atomic mass is 9.76. The molecule has 0 atom stereocenters. The van der Waals surface area contributed by atoms with Crippen molar-refractivity contribution in [2.75, 3.05) is 0 Å². The van der Waals surface area contributed by atoms with Gasteiger partial charge < -0.3 is 10.8 Å². The third-order valence-electron chi connectivity index (χ3n) is 4.87. The zero-order valence-electron chi connectivity index (χ0n) is 15.0. The maximum atomic E-state index is 8.36. The molecule has 0 spiro atoms. The van der Waals surface area contributed by atoms with E-state index in [0.29, 0.717) is 12.0 Å². The van der Waals surface area contributed by atoms with Crippen LogP contribution >= 0.6 is 11.3 Å². The molecule has 1 aromatic heterocycles. The fourth-order valence-electron chi connectivity index (χ4n) is 3.37. The van der Waals surface area contributed by atoms with Crippen LogP contribution in [0.1, 0.15) is 47.4 Å². The summed E-state index contributed by atoms with van der Waals surface area (Å²) < 4.78 is 0.